The molecule has 0 aliphatic carbocycles. The van der Waals surface area contributed by atoms with Gasteiger partial charge in [0.25, 0.3) is 0 Å². The lowest BCUT2D eigenvalue weighted by Crippen LogP contribution is -2.42. The largest absolute Gasteiger partial charge is 0.444 e. The van der Waals surface area contributed by atoms with Gasteiger partial charge in [0, 0.05) is 13.1 Å². The van der Waals surface area contributed by atoms with Crippen LogP contribution in [-0.2, 0) is 4.74 Å². The van der Waals surface area contributed by atoms with E-state index in [0.29, 0.717) is 11.7 Å². The van der Waals surface area contributed by atoms with Crippen molar-refractivity contribution in [3.63, 3.8) is 0 Å². The summed E-state index contributed by atoms with van der Waals surface area (Å²) in [6.07, 6.45) is 1.75. The molecule has 1 aliphatic heterocycles. The van der Waals surface area contributed by atoms with Crippen molar-refractivity contribution in [3.8, 4) is 0 Å². The van der Waals surface area contributed by atoms with Crippen LogP contribution in [0.25, 0.3) is 0 Å². The van der Waals surface area contributed by atoms with E-state index in [0.717, 1.165) is 30.8 Å². The van der Waals surface area contributed by atoms with Crippen molar-refractivity contribution in [1.82, 2.24) is 9.88 Å². The van der Waals surface area contributed by atoms with Gasteiger partial charge in [0.2, 0.25) is 0 Å². The zero-order valence-electron chi connectivity index (χ0n) is 13.6. The van der Waals surface area contributed by atoms with Crippen LogP contribution in [0.4, 0.5) is 10.5 Å². The number of hydrogen-bond acceptors (Lipinski definition) is 4. The van der Waals surface area contributed by atoms with Gasteiger partial charge in [-0.05, 0) is 52.7 Å². The van der Waals surface area contributed by atoms with Crippen LogP contribution in [0.15, 0.2) is 12.1 Å². The predicted octanol–water partition coefficient (Wildman–Crippen LogP) is 3.85. The van der Waals surface area contributed by atoms with Gasteiger partial charge < -0.3 is 15.0 Å². The minimum atomic E-state index is -0.464. The van der Waals surface area contributed by atoms with Gasteiger partial charge in [-0.2, -0.15) is 0 Å². The fourth-order valence-electron chi connectivity index (χ4n) is 2.55. The second-order valence-corrected chi connectivity index (χ2v) is 7.00. The number of nitrogens with one attached hydrogen (secondary N) is 1. The Balaban J connectivity index is 1.95. The van der Waals surface area contributed by atoms with Crippen molar-refractivity contribution in [2.45, 2.75) is 52.2 Å². The second kappa shape index (κ2) is 6.73. The number of hydrogen-bond donors (Lipinski definition) is 1. The Labute approximate surface area is 137 Å². The normalized spacial score (nSPS) is 18.4. The molecule has 1 amide bonds. The fraction of sp³-hybridized carbons (Fsp3) is 0.625. The fourth-order valence-corrected chi connectivity index (χ4v) is 2.74. The lowest BCUT2D eigenvalue weighted by atomic mass is 10.2. The minimum absolute atomic E-state index is 0.143. The number of amides is 1. The Hall–Kier alpha value is -1.49. The molecule has 1 N–H and O–H groups in total. The number of anilines is 1. The van der Waals surface area contributed by atoms with E-state index in [4.69, 9.17) is 16.3 Å². The van der Waals surface area contributed by atoms with Gasteiger partial charge in [0.15, 0.2) is 0 Å². The van der Waals surface area contributed by atoms with E-state index in [1.165, 1.54) is 0 Å². The van der Waals surface area contributed by atoms with Crippen molar-refractivity contribution >= 4 is 23.4 Å². The zero-order valence-corrected chi connectivity index (χ0v) is 14.4. The molecule has 0 saturated carbocycles. The highest BCUT2D eigenvalue weighted by Crippen LogP contribution is 2.22. The van der Waals surface area contributed by atoms with Crippen molar-refractivity contribution in [1.29, 1.82) is 0 Å². The molecule has 0 aromatic carbocycles. The predicted molar refractivity (Wildman–Crippen MR) is 88.4 cm³/mol. The number of carbonyl (C=O) groups is 1. The number of likely N-dealkylation sites (tertiary alicyclic amines) is 1. The Morgan fingerprint density at radius 3 is 2.86 bits per heavy atom. The zero-order chi connectivity index (χ0) is 16.3. The number of nitrogens with zero attached hydrogens (tertiary/aromatic N) is 2. The third-order valence-electron chi connectivity index (χ3n) is 3.59. The molecule has 1 aromatic heterocycles. The monoisotopic (exact) mass is 325 g/mol. The van der Waals surface area contributed by atoms with E-state index < -0.39 is 5.60 Å². The average Bonchev–Trinajstić information content (AvgIpc) is 2.84. The van der Waals surface area contributed by atoms with E-state index in [1.807, 2.05) is 38.7 Å². The lowest BCUT2D eigenvalue weighted by Gasteiger charge is -2.29. The Morgan fingerprint density at radius 2 is 2.23 bits per heavy atom. The van der Waals surface area contributed by atoms with Crippen molar-refractivity contribution in [3.05, 3.63) is 23.0 Å². The summed E-state index contributed by atoms with van der Waals surface area (Å²) in [7, 11) is 0. The molecule has 1 fully saturated rings. The van der Waals surface area contributed by atoms with Crippen LogP contribution >= 0.6 is 11.6 Å². The van der Waals surface area contributed by atoms with Gasteiger partial charge in [0.05, 0.1) is 17.4 Å². The first kappa shape index (κ1) is 16.9. The van der Waals surface area contributed by atoms with Gasteiger partial charge >= 0.3 is 6.09 Å². The van der Waals surface area contributed by atoms with Crippen LogP contribution in [0.1, 0.15) is 39.3 Å². The first-order chi connectivity index (χ1) is 10.3. The topological polar surface area (TPSA) is 54.5 Å². The molecule has 22 heavy (non-hydrogen) atoms. The van der Waals surface area contributed by atoms with E-state index in [9.17, 15) is 4.79 Å². The van der Waals surface area contributed by atoms with Crippen LogP contribution in [-0.4, -0.2) is 40.7 Å². The molecule has 5 nitrogen and oxygen atoms in total. The van der Waals surface area contributed by atoms with Gasteiger partial charge in [-0.15, -0.1) is 0 Å². The molecule has 2 heterocycles. The minimum Gasteiger partial charge on any atom is -0.444 e. The first-order valence-corrected chi connectivity index (χ1v) is 8.01. The van der Waals surface area contributed by atoms with E-state index in [2.05, 4.69) is 10.3 Å². The Bertz CT molecular complexity index is 543. The highest BCUT2D eigenvalue weighted by atomic mass is 35.5. The maximum absolute atomic E-state index is 12.2. The molecule has 1 saturated heterocycles. The molecule has 0 spiro atoms. The molecular weight excluding hydrogens is 302 g/mol. The number of rotatable bonds is 3. The van der Waals surface area contributed by atoms with Crippen molar-refractivity contribution in [2.75, 3.05) is 18.4 Å². The molecule has 0 bridgehead atoms. The highest BCUT2D eigenvalue weighted by molar-refractivity contribution is 6.29. The van der Waals surface area contributed by atoms with Gasteiger partial charge in [-0.25, -0.2) is 9.78 Å². The molecular formula is C16H24ClN3O2. The molecule has 2 rings (SSSR count). The molecule has 122 valence electrons. The van der Waals surface area contributed by atoms with Crippen molar-refractivity contribution < 1.29 is 9.53 Å². The lowest BCUT2D eigenvalue weighted by molar-refractivity contribution is 0.0235. The Kier molecular flexibility index (Phi) is 5.16. The summed E-state index contributed by atoms with van der Waals surface area (Å²) in [5, 5.41) is 3.84. The highest BCUT2D eigenvalue weighted by Gasteiger charge is 2.31. The average molecular weight is 326 g/mol. The van der Waals surface area contributed by atoms with Crippen LogP contribution in [0.2, 0.25) is 5.15 Å². The smallest absolute Gasteiger partial charge is 0.410 e. The van der Waals surface area contributed by atoms with Gasteiger partial charge in [-0.1, -0.05) is 11.6 Å². The number of pyridine rings is 1. The SMILES string of the molecule is Cc1nc(Cl)ccc1NCC1CCCN1C(=O)OC(C)(C)C. The Morgan fingerprint density at radius 1 is 1.50 bits per heavy atom. The van der Waals surface area contributed by atoms with E-state index in [1.54, 1.807) is 6.07 Å². The first-order valence-electron chi connectivity index (χ1n) is 7.63. The summed E-state index contributed by atoms with van der Waals surface area (Å²) in [6, 6.07) is 3.82. The standard InChI is InChI=1S/C16H24ClN3O2/c1-11-13(7-8-14(17)19-11)18-10-12-6-5-9-20(12)15(21)22-16(2,3)4/h7-8,12,18H,5-6,9-10H2,1-4H3. The molecule has 1 atom stereocenters. The third-order valence-corrected chi connectivity index (χ3v) is 3.80. The van der Waals surface area contributed by atoms with Crippen LogP contribution in [0.3, 0.4) is 0 Å². The number of aryl methyl sites for hydroxylation is 1. The maximum Gasteiger partial charge on any atom is 0.410 e. The summed E-state index contributed by atoms with van der Waals surface area (Å²) in [4.78, 5) is 18.3. The van der Waals surface area contributed by atoms with Crippen LogP contribution in [0, 0.1) is 6.92 Å². The summed E-state index contributed by atoms with van der Waals surface area (Å²) >= 11 is 5.86. The van der Waals surface area contributed by atoms with Crippen LogP contribution < -0.4 is 5.32 Å². The number of carbonyl (C=O) groups excluding carboxylic acids is 1. The van der Waals surface area contributed by atoms with Gasteiger partial charge in [0.1, 0.15) is 10.8 Å². The summed E-state index contributed by atoms with van der Waals surface area (Å²) in [5.41, 5.74) is 1.34. The van der Waals surface area contributed by atoms with Gasteiger partial charge in [-0.3, -0.25) is 0 Å². The molecule has 1 unspecified atom stereocenters. The molecule has 1 aliphatic rings. The van der Waals surface area contributed by atoms with Crippen molar-refractivity contribution in [2.24, 2.45) is 0 Å². The summed E-state index contributed by atoms with van der Waals surface area (Å²) < 4.78 is 5.47. The summed E-state index contributed by atoms with van der Waals surface area (Å²) in [6.45, 7) is 9.00. The molecule has 0 radical (unpaired) electrons. The number of ether oxygens (including phenoxy) is 1. The quantitative estimate of drug-likeness (QED) is 0.857. The second-order valence-electron chi connectivity index (χ2n) is 6.62. The number of aromatic nitrogens is 1. The summed E-state index contributed by atoms with van der Waals surface area (Å²) in [5.74, 6) is 0. The van der Waals surface area contributed by atoms with Crippen LogP contribution in [0.5, 0.6) is 0 Å². The number of halogens is 1. The molecule has 6 heteroatoms. The molecule has 1 aromatic rings. The maximum atomic E-state index is 12.2. The van der Waals surface area contributed by atoms with E-state index >= 15 is 0 Å². The van der Waals surface area contributed by atoms with E-state index in [-0.39, 0.29) is 12.1 Å². The third kappa shape index (κ3) is 4.50.